The maximum atomic E-state index is 13.1. The van der Waals surface area contributed by atoms with E-state index < -0.39 is 17.8 Å². The summed E-state index contributed by atoms with van der Waals surface area (Å²) in [6.07, 6.45) is -1.55. The first-order valence-corrected chi connectivity index (χ1v) is 4.28. The number of fused-ring (bicyclic) bond motifs is 1. The Morgan fingerprint density at radius 3 is 2.73 bits per heavy atom. The third-order valence-corrected chi connectivity index (χ3v) is 2.18. The fourth-order valence-corrected chi connectivity index (χ4v) is 1.52. The molecular weight excluding hydrogens is 279 g/mol. The maximum absolute atomic E-state index is 13.1. The number of ether oxygens (including phenoxy) is 1. The van der Waals surface area contributed by atoms with Crippen molar-refractivity contribution in [3.63, 3.8) is 0 Å². The summed E-state index contributed by atoms with van der Waals surface area (Å²) in [5.41, 5.74) is 0.0163. The number of benzene rings is 1. The van der Waals surface area contributed by atoms with Gasteiger partial charge in [-0.05, 0) is 18.1 Å². The van der Waals surface area contributed by atoms with Crippen LogP contribution < -0.4 is 62.9 Å². The number of halogens is 3. The van der Waals surface area contributed by atoms with Gasteiger partial charge in [0.2, 0.25) is 0 Å². The normalized spacial score (nSPS) is 14.1. The van der Waals surface area contributed by atoms with Crippen LogP contribution in [0.1, 0.15) is 24.0 Å². The van der Waals surface area contributed by atoms with Crippen molar-refractivity contribution >= 4 is 0 Å². The molecule has 5 heteroatoms. The van der Waals surface area contributed by atoms with E-state index in [0.717, 1.165) is 6.07 Å². The molecule has 0 radical (unpaired) electrons. The van der Waals surface area contributed by atoms with Gasteiger partial charge in [0, 0.05) is 0 Å². The van der Waals surface area contributed by atoms with Crippen LogP contribution >= 0.6 is 0 Å². The Kier molecular flexibility index (Phi) is 5.29. The van der Waals surface area contributed by atoms with E-state index in [4.69, 9.17) is 4.74 Å². The van der Waals surface area contributed by atoms with Crippen LogP contribution in [0.5, 0.6) is 5.75 Å². The van der Waals surface area contributed by atoms with Gasteiger partial charge in [0.15, 0.2) is 0 Å². The van der Waals surface area contributed by atoms with Crippen LogP contribution in [-0.4, -0.2) is 0 Å². The van der Waals surface area contributed by atoms with Crippen molar-refractivity contribution in [2.24, 2.45) is 0 Å². The molecule has 0 saturated carbocycles. The summed E-state index contributed by atoms with van der Waals surface area (Å²) in [7, 11) is 0. The first-order chi connectivity index (χ1) is 6.70. The van der Waals surface area contributed by atoms with E-state index in [0.29, 0.717) is 18.4 Å². The second kappa shape index (κ2) is 5.80. The predicted molar refractivity (Wildman–Crippen MR) is 44.6 cm³/mol. The molecule has 0 unspecified atom stereocenters. The monoisotopic (exact) mass is 286 g/mol. The molecule has 1 heterocycles. The second-order valence-corrected chi connectivity index (χ2v) is 3.07. The summed E-state index contributed by atoms with van der Waals surface area (Å²) in [6, 6.07) is 2.55. The minimum atomic E-state index is -2.84. The number of rotatable bonds is 1. The van der Waals surface area contributed by atoms with Gasteiger partial charge in [-0.25, -0.2) is 13.2 Å². The number of aryl methyl sites for hydroxylation is 1. The van der Waals surface area contributed by atoms with Crippen LogP contribution in [0.15, 0.2) is 12.1 Å². The maximum Gasteiger partial charge on any atom is 1.00 e. The molecular formula is C10H8F3ORb. The van der Waals surface area contributed by atoms with Crippen LogP contribution in [0, 0.1) is 12.4 Å². The third kappa shape index (κ3) is 2.84. The summed E-state index contributed by atoms with van der Waals surface area (Å²) in [5, 5.41) is 0. The van der Waals surface area contributed by atoms with Gasteiger partial charge in [-0.1, -0.05) is 6.07 Å². The van der Waals surface area contributed by atoms with Gasteiger partial charge < -0.3 is 4.74 Å². The summed E-state index contributed by atoms with van der Waals surface area (Å²) in [4.78, 5) is 0. The van der Waals surface area contributed by atoms with Gasteiger partial charge in [-0.2, -0.15) is 6.61 Å². The average molecular weight is 287 g/mol. The molecule has 1 aliphatic rings. The molecule has 0 amide bonds. The first-order valence-electron chi connectivity index (χ1n) is 4.28. The topological polar surface area (TPSA) is 9.23 Å². The first kappa shape index (κ1) is 13.7. The molecule has 0 bridgehead atoms. The molecule has 1 nitrogen and oxygen atoms in total. The van der Waals surface area contributed by atoms with Crippen LogP contribution in [0.25, 0.3) is 0 Å². The zero-order valence-electron chi connectivity index (χ0n) is 8.27. The molecule has 15 heavy (non-hydrogen) atoms. The molecule has 0 N–H and O–H groups in total. The van der Waals surface area contributed by atoms with Crippen LogP contribution in [-0.2, 0) is 6.42 Å². The summed E-state index contributed by atoms with van der Waals surface area (Å²) >= 11 is 0. The van der Waals surface area contributed by atoms with Crippen molar-refractivity contribution in [3.8, 4) is 5.75 Å². The molecule has 0 saturated heterocycles. The Morgan fingerprint density at radius 2 is 2.07 bits per heavy atom. The van der Waals surface area contributed by atoms with Gasteiger partial charge in [0.05, 0.1) is 11.3 Å². The van der Waals surface area contributed by atoms with E-state index in [1.54, 1.807) is 0 Å². The molecule has 1 aromatic rings. The molecule has 0 aliphatic carbocycles. The van der Waals surface area contributed by atoms with Crippen molar-refractivity contribution in [1.29, 1.82) is 0 Å². The number of hydrogen-bond donors (Lipinski definition) is 0. The Labute approximate surface area is 135 Å². The zero-order chi connectivity index (χ0) is 10.1. The molecule has 0 fully saturated rings. The molecule has 0 atom stereocenters. The van der Waals surface area contributed by atoms with E-state index in [1.165, 1.54) is 12.7 Å². The molecule has 76 valence electrons. The van der Waals surface area contributed by atoms with Crippen LogP contribution in [0.4, 0.5) is 13.2 Å². The molecule has 1 aliphatic heterocycles. The Bertz CT molecular complexity index is 355. The largest absolute Gasteiger partial charge is 1.00 e. The minimum Gasteiger partial charge on any atom is -0.662 e. The van der Waals surface area contributed by atoms with Crippen molar-refractivity contribution < 1.29 is 76.1 Å². The zero-order valence-corrected chi connectivity index (χ0v) is 13.2. The van der Waals surface area contributed by atoms with Crippen molar-refractivity contribution in [2.45, 2.75) is 19.3 Å². The van der Waals surface area contributed by atoms with E-state index in [-0.39, 0.29) is 63.9 Å². The van der Waals surface area contributed by atoms with Crippen molar-refractivity contribution in [2.75, 3.05) is 0 Å². The number of alkyl halides is 2. The Balaban J connectivity index is 0.00000112. The SMILES string of the molecule is Fc1ccc2c(c1C(F)F)O[CH-]CC2.[Rb+]. The van der Waals surface area contributed by atoms with Gasteiger partial charge in [-0.3, -0.25) is 0 Å². The quantitative estimate of drug-likeness (QED) is 0.673. The van der Waals surface area contributed by atoms with E-state index in [2.05, 4.69) is 0 Å². The predicted octanol–water partition coefficient (Wildman–Crippen LogP) is 0.254. The fourth-order valence-electron chi connectivity index (χ4n) is 1.52. The molecule has 1 aromatic carbocycles. The van der Waals surface area contributed by atoms with E-state index >= 15 is 0 Å². The number of hydrogen-bond acceptors (Lipinski definition) is 1. The third-order valence-electron chi connectivity index (χ3n) is 2.18. The second-order valence-electron chi connectivity index (χ2n) is 3.07. The fraction of sp³-hybridized carbons (Fsp3) is 0.300. The standard InChI is InChI=1S/C10H8F3O.Rb/c11-7-4-3-6-2-1-5-14-9(6)8(7)10(12)13;/h3-5,10H,1-2H2;/q-1;+1. The minimum absolute atomic E-state index is 0. The average Bonchev–Trinajstić information content (AvgIpc) is 2.17. The molecule has 0 spiro atoms. The van der Waals surface area contributed by atoms with Gasteiger partial charge in [0.1, 0.15) is 5.82 Å². The smallest absolute Gasteiger partial charge is 0.662 e. The van der Waals surface area contributed by atoms with Gasteiger partial charge in [0.25, 0.3) is 6.43 Å². The summed E-state index contributed by atoms with van der Waals surface area (Å²) in [6.45, 7) is 1.42. The molecule has 2 rings (SSSR count). The van der Waals surface area contributed by atoms with E-state index in [9.17, 15) is 13.2 Å². The van der Waals surface area contributed by atoms with Gasteiger partial charge >= 0.3 is 58.2 Å². The van der Waals surface area contributed by atoms with E-state index in [1.807, 2.05) is 0 Å². The van der Waals surface area contributed by atoms with Crippen molar-refractivity contribution in [3.05, 3.63) is 35.7 Å². The summed E-state index contributed by atoms with van der Waals surface area (Å²) in [5.74, 6) is -0.916. The Morgan fingerprint density at radius 1 is 1.33 bits per heavy atom. The van der Waals surface area contributed by atoms with Gasteiger partial charge in [-0.15, -0.1) is 6.42 Å². The summed E-state index contributed by atoms with van der Waals surface area (Å²) < 4.78 is 43.0. The van der Waals surface area contributed by atoms with Crippen molar-refractivity contribution in [1.82, 2.24) is 0 Å². The van der Waals surface area contributed by atoms with Crippen LogP contribution in [0.3, 0.4) is 0 Å². The molecule has 0 aromatic heterocycles. The van der Waals surface area contributed by atoms with Crippen LogP contribution in [0.2, 0.25) is 0 Å². The Hall–Kier alpha value is 0.615.